The summed E-state index contributed by atoms with van der Waals surface area (Å²) >= 11 is 7.50. The summed E-state index contributed by atoms with van der Waals surface area (Å²) in [7, 11) is 0. The van der Waals surface area contributed by atoms with E-state index in [9.17, 15) is 9.59 Å². The lowest BCUT2D eigenvalue weighted by Crippen LogP contribution is -2.25. The van der Waals surface area contributed by atoms with Gasteiger partial charge in [0.25, 0.3) is 5.56 Å². The number of carbonyl (C=O) groups is 1. The maximum Gasteiger partial charge on any atom is 0.263 e. The van der Waals surface area contributed by atoms with Crippen LogP contribution in [0.3, 0.4) is 0 Å². The third-order valence-electron chi connectivity index (χ3n) is 4.73. The molecule has 0 bridgehead atoms. The van der Waals surface area contributed by atoms with Gasteiger partial charge >= 0.3 is 0 Å². The van der Waals surface area contributed by atoms with Crippen LogP contribution in [0.15, 0.2) is 76.8 Å². The third kappa shape index (κ3) is 4.78. The number of aromatic nitrogens is 3. The first kappa shape index (κ1) is 21.1. The molecule has 0 aliphatic rings. The minimum absolute atomic E-state index is 0.0988. The molecule has 2 aromatic carbocycles. The lowest BCUT2D eigenvalue weighted by molar-refractivity contribution is -0.113. The van der Waals surface area contributed by atoms with Gasteiger partial charge in [-0.05, 0) is 42.3 Å². The Bertz CT molecular complexity index is 1320. The number of fused-ring (bicyclic) bond motifs is 1. The van der Waals surface area contributed by atoms with E-state index in [1.165, 1.54) is 16.3 Å². The summed E-state index contributed by atoms with van der Waals surface area (Å²) in [6, 6.07) is 18.3. The number of hydrogen-bond donors (Lipinski definition) is 1. The zero-order chi connectivity index (χ0) is 21.8. The molecule has 0 aliphatic carbocycles. The number of nitrogens with zero attached hydrogens (tertiary/aromatic N) is 3. The molecule has 6 nitrogen and oxygen atoms in total. The molecule has 0 saturated heterocycles. The van der Waals surface area contributed by atoms with Gasteiger partial charge < -0.3 is 5.32 Å². The minimum atomic E-state index is -0.222. The fourth-order valence-electron chi connectivity index (χ4n) is 3.11. The zero-order valence-corrected chi connectivity index (χ0v) is 18.3. The molecule has 4 rings (SSSR count). The first-order valence-corrected chi connectivity index (χ1v) is 11.0. The van der Waals surface area contributed by atoms with Crippen molar-refractivity contribution in [2.45, 2.75) is 18.6 Å². The van der Waals surface area contributed by atoms with Gasteiger partial charge in [-0.25, -0.2) is 9.97 Å². The van der Waals surface area contributed by atoms with Crippen molar-refractivity contribution in [2.24, 2.45) is 0 Å². The van der Waals surface area contributed by atoms with Gasteiger partial charge in [-0.3, -0.25) is 14.2 Å². The number of para-hydroxylation sites is 1. The molecule has 0 aliphatic heterocycles. The highest BCUT2D eigenvalue weighted by molar-refractivity contribution is 7.99. The number of rotatable bonds is 6. The largest absolute Gasteiger partial charge is 0.325 e. The van der Waals surface area contributed by atoms with Crippen LogP contribution in [0.4, 0.5) is 5.69 Å². The van der Waals surface area contributed by atoms with E-state index in [0.29, 0.717) is 21.2 Å². The lowest BCUT2D eigenvalue weighted by Gasteiger charge is -2.14. The molecular formula is C23H19ClN4O2S. The standard InChI is InChI=1S/C23H19ClN4O2S/c1-15-7-2-5-11-19(15)26-20(29)14-31-23-27-21-17(9-6-12-25-21)22(30)28(23)13-16-8-3-4-10-18(16)24/h2-12H,13-14H2,1H3,(H,26,29). The smallest absolute Gasteiger partial charge is 0.263 e. The molecule has 0 atom stereocenters. The SMILES string of the molecule is Cc1ccccc1NC(=O)CSc1nc2ncccc2c(=O)n1Cc1ccccc1Cl. The number of benzene rings is 2. The quantitative estimate of drug-likeness (QED) is 0.345. The normalized spacial score (nSPS) is 10.9. The highest BCUT2D eigenvalue weighted by Crippen LogP contribution is 2.22. The monoisotopic (exact) mass is 450 g/mol. The summed E-state index contributed by atoms with van der Waals surface area (Å²) in [6.45, 7) is 2.18. The fourth-order valence-corrected chi connectivity index (χ4v) is 4.09. The zero-order valence-electron chi connectivity index (χ0n) is 16.7. The van der Waals surface area contributed by atoms with Crippen LogP contribution in [0, 0.1) is 6.92 Å². The molecule has 0 radical (unpaired) electrons. The van der Waals surface area contributed by atoms with Crippen LogP contribution in [0.1, 0.15) is 11.1 Å². The molecule has 156 valence electrons. The maximum absolute atomic E-state index is 13.2. The van der Waals surface area contributed by atoms with Crippen molar-refractivity contribution in [3.8, 4) is 0 Å². The van der Waals surface area contributed by atoms with E-state index in [0.717, 1.165) is 16.8 Å². The van der Waals surface area contributed by atoms with Crippen molar-refractivity contribution in [3.05, 3.63) is 93.4 Å². The highest BCUT2D eigenvalue weighted by Gasteiger charge is 2.15. The van der Waals surface area contributed by atoms with Gasteiger partial charge in [0.15, 0.2) is 10.8 Å². The minimum Gasteiger partial charge on any atom is -0.325 e. The van der Waals surface area contributed by atoms with Crippen LogP contribution >= 0.6 is 23.4 Å². The number of halogens is 1. The third-order valence-corrected chi connectivity index (χ3v) is 6.08. The Hall–Kier alpha value is -3.16. The topological polar surface area (TPSA) is 76.9 Å². The van der Waals surface area contributed by atoms with Crippen LogP contribution in [0.25, 0.3) is 11.0 Å². The summed E-state index contributed by atoms with van der Waals surface area (Å²) < 4.78 is 1.54. The molecule has 4 aromatic rings. The summed E-state index contributed by atoms with van der Waals surface area (Å²) in [4.78, 5) is 34.5. The second-order valence-corrected chi connectivity index (χ2v) is 8.25. The van der Waals surface area contributed by atoms with Crippen molar-refractivity contribution < 1.29 is 4.79 Å². The number of carbonyl (C=O) groups excluding carboxylic acids is 1. The molecule has 8 heteroatoms. The van der Waals surface area contributed by atoms with E-state index in [2.05, 4.69) is 15.3 Å². The molecule has 1 amide bonds. The Morgan fingerprint density at radius 2 is 1.87 bits per heavy atom. The van der Waals surface area contributed by atoms with Gasteiger partial charge in [-0.15, -0.1) is 0 Å². The van der Waals surface area contributed by atoms with E-state index in [4.69, 9.17) is 11.6 Å². The van der Waals surface area contributed by atoms with Gasteiger partial charge in [-0.2, -0.15) is 0 Å². The van der Waals surface area contributed by atoms with E-state index in [1.54, 1.807) is 24.4 Å². The van der Waals surface area contributed by atoms with Crippen LogP contribution in [-0.4, -0.2) is 26.2 Å². The van der Waals surface area contributed by atoms with E-state index in [-0.39, 0.29) is 23.8 Å². The lowest BCUT2D eigenvalue weighted by atomic mass is 10.2. The number of nitrogens with one attached hydrogen (secondary N) is 1. The summed E-state index contributed by atoms with van der Waals surface area (Å²) in [5.74, 6) is -0.0827. The summed E-state index contributed by atoms with van der Waals surface area (Å²) in [6.07, 6.45) is 1.59. The number of aryl methyl sites for hydroxylation is 1. The molecule has 31 heavy (non-hydrogen) atoms. The van der Waals surface area contributed by atoms with Gasteiger partial charge in [-0.1, -0.05) is 59.8 Å². The first-order chi connectivity index (χ1) is 15.0. The summed E-state index contributed by atoms with van der Waals surface area (Å²) in [5.41, 5.74) is 2.66. The number of amides is 1. The average Bonchev–Trinajstić information content (AvgIpc) is 2.77. The predicted molar refractivity (Wildman–Crippen MR) is 125 cm³/mol. The maximum atomic E-state index is 13.2. The molecular weight excluding hydrogens is 432 g/mol. The predicted octanol–water partition coefficient (Wildman–Crippen LogP) is 4.53. The van der Waals surface area contributed by atoms with Gasteiger partial charge in [0.1, 0.15) is 0 Å². The number of anilines is 1. The van der Waals surface area contributed by atoms with Crippen LogP contribution < -0.4 is 10.9 Å². The fraction of sp³-hybridized carbons (Fsp3) is 0.130. The Balaban J connectivity index is 1.64. The van der Waals surface area contributed by atoms with Gasteiger partial charge in [0.05, 0.1) is 17.7 Å². The second-order valence-electron chi connectivity index (χ2n) is 6.90. The Morgan fingerprint density at radius 1 is 1.10 bits per heavy atom. The van der Waals surface area contributed by atoms with Crippen LogP contribution in [-0.2, 0) is 11.3 Å². The molecule has 2 heterocycles. The van der Waals surface area contributed by atoms with Crippen molar-refractivity contribution >= 4 is 46.0 Å². The van der Waals surface area contributed by atoms with Gasteiger partial charge in [0, 0.05) is 16.9 Å². The average molecular weight is 451 g/mol. The Labute approximate surface area is 188 Å². The highest BCUT2D eigenvalue weighted by atomic mass is 35.5. The second kappa shape index (κ2) is 9.32. The van der Waals surface area contributed by atoms with Crippen molar-refractivity contribution in [1.82, 2.24) is 14.5 Å². The Kier molecular flexibility index (Phi) is 6.34. The molecule has 0 saturated carbocycles. The van der Waals surface area contributed by atoms with Crippen LogP contribution in [0.2, 0.25) is 5.02 Å². The van der Waals surface area contributed by atoms with E-state index in [1.807, 2.05) is 49.4 Å². The van der Waals surface area contributed by atoms with E-state index >= 15 is 0 Å². The van der Waals surface area contributed by atoms with E-state index < -0.39 is 0 Å². The van der Waals surface area contributed by atoms with Crippen molar-refractivity contribution in [1.29, 1.82) is 0 Å². The molecule has 2 aromatic heterocycles. The molecule has 1 N–H and O–H groups in total. The van der Waals surface area contributed by atoms with Crippen molar-refractivity contribution in [2.75, 3.05) is 11.1 Å². The molecule has 0 spiro atoms. The number of hydrogen-bond acceptors (Lipinski definition) is 5. The number of pyridine rings is 1. The first-order valence-electron chi connectivity index (χ1n) is 9.60. The molecule has 0 fully saturated rings. The van der Waals surface area contributed by atoms with Crippen molar-refractivity contribution in [3.63, 3.8) is 0 Å². The Morgan fingerprint density at radius 3 is 2.68 bits per heavy atom. The van der Waals surface area contributed by atoms with Gasteiger partial charge in [0.2, 0.25) is 5.91 Å². The molecule has 0 unspecified atom stereocenters. The van der Waals surface area contributed by atoms with Crippen LogP contribution in [0.5, 0.6) is 0 Å². The summed E-state index contributed by atoms with van der Waals surface area (Å²) in [5, 5.41) is 4.30. The number of thioether (sulfide) groups is 1.